The Morgan fingerprint density at radius 3 is 2.58 bits per heavy atom. The number of hydrogen-bond acceptors (Lipinski definition) is 6. The van der Waals surface area contributed by atoms with Crippen LogP contribution in [0.4, 0.5) is 11.8 Å². The maximum absolute atomic E-state index is 4.72. The van der Waals surface area contributed by atoms with Crippen molar-refractivity contribution in [3.05, 3.63) is 29.7 Å². The van der Waals surface area contributed by atoms with E-state index in [9.17, 15) is 0 Å². The van der Waals surface area contributed by atoms with Gasteiger partial charge >= 0.3 is 0 Å². The summed E-state index contributed by atoms with van der Waals surface area (Å²) in [6.45, 7) is 6.30. The summed E-state index contributed by atoms with van der Waals surface area (Å²) in [6.07, 6.45) is 7.41. The first-order valence-corrected chi connectivity index (χ1v) is 9.48. The molecule has 0 spiro atoms. The van der Waals surface area contributed by atoms with Gasteiger partial charge in [-0.3, -0.25) is 4.68 Å². The number of aryl methyl sites for hydroxylation is 2. The van der Waals surface area contributed by atoms with Crippen LogP contribution in [-0.4, -0.2) is 53.0 Å². The Kier molecular flexibility index (Phi) is 5.76. The summed E-state index contributed by atoms with van der Waals surface area (Å²) in [5, 5.41) is 8.14. The summed E-state index contributed by atoms with van der Waals surface area (Å²) < 4.78 is 1.88. The van der Waals surface area contributed by atoms with E-state index < -0.39 is 0 Å². The predicted octanol–water partition coefficient (Wildman–Crippen LogP) is 2.29. The van der Waals surface area contributed by atoms with Crippen molar-refractivity contribution in [1.29, 1.82) is 0 Å². The molecule has 1 N–H and O–H groups in total. The molecule has 142 valence electrons. The third kappa shape index (κ3) is 4.33. The molecule has 1 fully saturated rings. The number of anilines is 2. The minimum Gasteiger partial charge on any atom is -0.356 e. The Labute approximate surface area is 156 Å². The standard InChI is InChI=1S/C19H31N7/c1-6-17(15-12-20-25(5)13-15)22-16-7-9-26(10-8-16)18-11-14(2)21-19(23-18)24(3)4/h11-13,16-17,22H,6-10H2,1-5H3/t17-/m0/s1. The highest BCUT2D eigenvalue weighted by Crippen LogP contribution is 2.23. The van der Waals surface area contributed by atoms with Gasteiger partial charge in [0.2, 0.25) is 5.95 Å². The van der Waals surface area contributed by atoms with E-state index in [0.717, 1.165) is 49.8 Å². The third-order valence-electron chi connectivity index (χ3n) is 5.02. The number of piperidine rings is 1. The Balaban J connectivity index is 1.60. The second-order valence-corrected chi connectivity index (χ2v) is 7.40. The number of rotatable bonds is 6. The largest absolute Gasteiger partial charge is 0.356 e. The maximum Gasteiger partial charge on any atom is 0.226 e. The molecule has 0 amide bonds. The minimum absolute atomic E-state index is 0.377. The van der Waals surface area contributed by atoms with E-state index in [-0.39, 0.29) is 0 Å². The lowest BCUT2D eigenvalue weighted by atomic mass is 10.0. The van der Waals surface area contributed by atoms with E-state index >= 15 is 0 Å². The van der Waals surface area contributed by atoms with Gasteiger partial charge in [-0.15, -0.1) is 0 Å². The van der Waals surface area contributed by atoms with Crippen LogP contribution in [0.1, 0.15) is 43.5 Å². The van der Waals surface area contributed by atoms with Gasteiger partial charge in [-0.1, -0.05) is 6.92 Å². The molecule has 26 heavy (non-hydrogen) atoms. The molecule has 0 radical (unpaired) electrons. The van der Waals surface area contributed by atoms with Crippen LogP contribution in [0.2, 0.25) is 0 Å². The second kappa shape index (κ2) is 8.03. The first-order valence-electron chi connectivity index (χ1n) is 9.48. The quantitative estimate of drug-likeness (QED) is 0.856. The normalized spacial score (nSPS) is 16.7. The monoisotopic (exact) mass is 357 g/mol. The van der Waals surface area contributed by atoms with E-state index in [0.29, 0.717) is 12.1 Å². The van der Waals surface area contributed by atoms with E-state index in [2.05, 4.69) is 39.5 Å². The number of hydrogen-bond donors (Lipinski definition) is 1. The number of aromatic nitrogens is 4. The zero-order chi connectivity index (χ0) is 18.7. The van der Waals surface area contributed by atoms with Gasteiger partial charge in [0.05, 0.1) is 6.20 Å². The third-order valence-corrected chi connectivity index (χ3v) is 5.02. The van der Waals surface area contributed by atoms with Crippen LogP contribution in [0.3, 0.4) is 0 Å². The molecule has 0 saturated carbocycles. The van der Waals surface area contributed by atoms with Crippen LogP contribution >= 0.6 is 0 Å². The number of nitrogens with zero attached hydrogens (tertiary/aromatic N) is 6. The molecule has 1 aliphatic rings. The molecule has 0 unspecified atom stereocenters. The van der Waals surface area contributed by atoms with Crippen molar-refractivity contribution < 1.29 is 0 Å². The van der Waals surface area contributed by atoms with Gasteiger partial charge < -0.3 is 15.1 Å². The smallest absolute Gasteiger partial charge is 0.226 e. The molecular weight excluding hydrogens is 326 g/mol. The fraction of sp³-hybridized carbons (Fsp3) is 0.632. The lowest BCUT2D eigenvalue weighted by molar-refractivity contribution is 0.363. The van der Waals surface area contributed by atoms with E-state index in [4.69, 9.17) is 4.98 Å². The van der Waals surface area contributed by atoms with Crippen molar-refractivity contribution in [3.8, 4) is 0 Å². The molecule has 1 atom stereocenters. The predicted molar refractivity (Wildman–Crippen MR) is 106 cm³/mol. The Morgan fingerprint density at radius 2 is 2.00 bits per heavy atom. The molecular formula is C19H31N7. The van der Waals surface area contributed by atoms with Crippen molar-refractivity contribution in [2.75, 3.05) is 37.0 Å². The van der Waals surface area contributed by atoms with Crippen molar-refractivity contribution in [1.82, 2.24) is 25.1 Å². The van der Waals surface area contributed by atoms with Crippen LogP contribution in [0.5, 0.6) is 0 Å². The van der Waals surface area contributed by atoms with Gasteiger partial charge in [-0.25, -0.2) is 4.98 Å². The van der Waals surface area contributed by atoms with Gasteiger partial charge in [0.15, 0.2) is 0 Å². The molecule has 0 bridgehead atoms. The summed E-state index contributed by atoms with van der Waals surface area (Å²) in [5.41, 5.74) is 2.29. The Hall–Kier alpha value is -2.15. The first-order chi connectivity index (χ1) is 12.5. The molecule has 2 aromatic rings. The van der Waals surface area contributed by atoms with Crippen molar-refractivity contribution >= 4 is 11.8 Å². The zero-order valence-corrected chi connectivity index (χ0v) is 16.6. The SMILES string of the molecule is CC[C@H](NC1CCN(c2cc(C)nc(N(C)C)n2)CC1)c1cnn(C)c1. The zero-order valence-electron chi connectivity index (χ0n) is 16.6. The molecule has 3 rings (SSSR count). The molecule has 0 aromatic carbocycles. The first kappa shape index (κ1) is 18.6. The molecule has 3 heterocycles. The molecule has 7 heteroatoms. The van der Waals surface area contributed by atoms with Crippen LogP contribution in [0.15, 0.2) is 18.5 Å². The van der Waals surface area contributed by atoms with E-state index in [1.54, 1.807) is 0 Å². The highest BCUT2D eigenvalue weighted by atomic mass is 15.3. The van der Waals surface area contributed by atoms with E-state index in [1.165, 1.54) is 5.56 Å². The van der Waals surface area contributed by atoms with Crippen LogP contribution in [0.25, 0.3) is 0 Å². The molecule has 1 saturated heterocycles. The average molecular weight is 358 g/mol. The Bertz CT molecular complexity index is 716. The lowest BCUT2D eigenvalue weighted by Crippen LogP contribution is -2.44. The molecule has 2 aromatic heterocycles. The van der Waals surface area contributed by atoms with Gasteiger partial charge in [0.1, 0.15) is 5.82 Å². The average Bonchev–Trinajstić information content (AvgIpc) is 3.06. The van der Waals surface area contributed by atoms with Crippen molar-refractivity contribution in [2.45, 2.75) is 45.2 Å². The van der Waals surface area contributed by atoms with Gasteiger partial charge in [0.25, 0.3) is 0 Å². The second-order valence-electron chi connectivity index (χ2n) is 7.40. The molecule has 1 aliphatic heterocycles. The van der Waals surface area contributed by atoms with Crippen LogP contribution in [0, 0.1) is 6.92 Å². The highest BCUT2D eigenvalue weighted by Gasteiger charge is 2.23. The summed E-state index contributed by atoms with van der Waals surface area (Å²) >= 11 is 0. The van der Waals surface area contributed by atoms with Crippen molar-refractivity contribution in [3.63, 3.8) is 0 Å². The fourth-order valence-electron chi connectivity index (χ4n) is 3.53. The summed E-state index contributed by atoms with van der Waals surface area (Å²) in [6, 6.07) is 3.00. The van der Waals surface area contributed by atoms with Crippen LogP contribution in [-0.2, 0) is 7.05 Å². The highest BCUT2D eigenvalue weighted by molar-refractivity contribution is 5.45. The van der Waals surface area contributed by atoms with Gasteiger partial charge in [-0.05, 0) is 26.2 Å². The Morgan fingerprint density at radius 1 is 1.27 bits per heavy atom. The minimum atomic E-state index is 0.377. The van der Waals surface area contributed by atoms with Crippen LogP contribution < -0.4 is 15.1 Å². The van der Waals surface area contributed by atoms with Gasteiger partial charge in [-0.2, -0.15) is 10.1 Å². The fourth-order valence-corrected chi connectivity index (χ4v) is 3.53. The molecule has 0 aliphatic carbocycles. The van der Waals surface area contributed by atoms with E-state index in [1.807, 2.05) is 43.8 Å². The topological polar surface area (TPSA) is 62.1 Å². The summed E-state index contributed by atoms with van der Waals surface area (Å²) in [5.74, 6) is 1.82. The van der Waals surface area contributed by atoms with Crippen molar-refractivity contribution in [2.24, 2.45) is 7.05 Å². The summed E-state index contributed by atoms with van der Waals surface area (Å²) in [4.78, 5) is 13.6. The molecule has 7 nitrogen and oxygen atoms in total. The number of nitrogens with one attached hydrogen (secondary N) is 1. The van der Waals surface area contributed by atoms with Gasteiger partial charge in [0, 0.05) is 69.8 Å². The summed E-state index contributed by atoms with van der Waals surface area (Å²) in [7, 11) is 5.94. The lowest BCUT2D eigenvalue weighted by Gasteiger charge is -2.35. The maximum atomic E-state index is 4.72.